The van der Waals surface area contributed by atoms with Crippen LogP contribution < -0.4 is 15.9 Å². The summed E-state index contributed by atoms with van der Waals surface area (Å²) in [6.07, 6.45) is 2.56. The molecule has 0 bridgehead atoms. The number of nitrogens with zero attached hydrogens (tertiary/aromatic N) is 1. The van der Waals surface area contributed by atoms with Gasteiger partial charge >= 0.3 is 6.03 Å². The van der Waals surface area contributed by atoms with Gasteiger partial charge in [-0.3, -0.25) is 0 Å². The summed E-state index contributed by atoms with van der Waals surface area (Å²) in [5, 5.41) is 3.71. The minimum atomic E-state index is -0.693. The third kappa shape index (κ3) is 4.55. The fraction of sp³-hybridized carbons (Fsp3) is 0.333. The van der Waals surface area contributed by atoms with Crippen LogP contribution in [0.25, 0.3) is 0 Å². The molecule has 0 spiro atoms. The lowest BCUT2D eigenvalue weighted by Gasteiger charge is -2.14. The van der Waals surface area contributed by atoms with E-state index in [1.54, 1.807) is 0 Å². The van der Waals surface area contributed by atoms with Crippen molar-refractivity contribution in [3.05, 3.63) is 29.8 Å². The number of para-hydroxylation sites is 1. The Morgan fingerprint density at radius 1 is 1.59 bits per heavy atom. The molecule has 0 fully saturated rings. The first-order chi connectivity index (χ1) is 8.13. The van der Waals surface area contributed by atoms with Crippen LogP contribution in [-0.4, -0.2) is 18.3 Å². The molecule has 0 saturated heterocycles. The second-order valence-corrected chi connectivity index (χ2v) is 3.61. The number of ether oxygens (including phenoxy) is 1. The summed E-state index contributed by atoms with van der Waals surface area (Å²) in [6.45, 7) is 4.05. The molecule has 5 heteroatoms. The molecule has 3 N–H and O–H groups in total. The van der Waals surface area contributed by atoms with Crippen molar-refractivity contribution in [3.63, 3.8) is 0 Å². The summed E-state index contributed by atoms with van der Waals surface area (Å²) < 4.78 is 5.72. The van der Waals surface area contributed by atoms with Crippen LogP contribution in [0.15, 0.2) is 29.4 Å². The summed E-state index contributed by atoms with van der Waals surface area (Å²) in [4.78, 5) is 10.5. The Kier molecular flexibility index (Phi) is 5.00. The highest BCUT2D eigenvalue weighted by Crippen LogP contribution is 2.18. The van der Waals surface area contributed by atoms with Crippen molar-refractivity contribution in [3.8, 4) is 5.75 Å². The Balaban J connectivity index is 2.77. The summed E-state index contributed by atoms with van der Waals surface area (Å²) >= 11 is 0. The van der Waals surface area contributed by atoms with Crippen LogP contribution in [0, 0.1) is 0 Å². The average molecular weight is 235 g/mol. The van der Waals surface area contributed by atoms with E-state index < -0.39 is 6.03 Å². The second-order valence-electron chi connectivity index (χ2n) is 3.61. The molecule has 5 nitrogen and oxygen atoms in total. The predicted molar refractivity (Wildman–Crippen MR) is 67.1 cm³/mol. The number of carbonyl (C=O) groups excluding carboxylic acids is 1. The first kappa shape index (κ1) is 13.0. The molecule has 0 aliphatic heterocycles. The number of carbonyl (C=O) groups is 1. The van der Waals surface area contributed by atoms with Gasteiger partial charge in [0.2, 0.25) is 0 Å². The molecule has 0 saturated carbocycles. The maximum Gasteiger partial charge on any atom is 0.332 e. The number of nitrogens with one attached hydrogen (secondary N) is 1. The molecule has 1 rings (SSSR count). The number of hydrogen-bond donors (Lipinski definition) is 2. The van der Waals surface area contributed by atoms with Crippen molar-refractivity contribution < 1.29 is 9.53 Å². The molecule has 0 unspecified atom stereocenters. The molecule has 0 radical (unpaired) electrons. The molecular weight excluding hydrogens is 218 g/mol. The van der Waals surface area contributed by atoms with Gasteiger partial charge in [0.1, 0.15) is 5.75 Å². The van der Waals surface area contributed by atoms with Crippen molar-refractivity contribution in [1.29, 1.82) is 0 Å². The van der Waals surface area contributed by atoms with Gasteiger partial charge in [0.05, 0.1) is 12.3 Å². The maximum atomic E-state index is 10.5. The molecule has 1 atom stereocenters. The molecule has 1 aromatic carbocycles. The Morgan fingerprint density at radius 3 is 2.94 bits per heavy atom. The zero-order chi connectivity index (χ0) is 12.7. The third-order valence-corrected chi connectivity index (χ3v) is 2.20. The van der Waals surface area contributed by atoms with Gasteiger partial charge in [0.25, 0.3) is 0 Å². The van der Waals surface area contributed by atoms with Gasteiger partial charge in [-0.2, -0.15) is 5.10 Å². The second kappa shape index (κ2) is 6.52. The highest BCUT2D eigenvalue weighted by molar-refractivity contribution is 5.84. The third-order valence-electron chi connectivity index (χ3n) is 2.20. The molecular formula is C12H17N3O2. The van der Waals surface area contributed by atoms with E-state index in [4.69, 9.17) is 10.5 Å². The number of nitrogens with two attached hydrogens (primary N) is 1. The van der Waals surface area contributed by atoms with Crippen LogP contribution >= 0.6 is 0 Å². The maximum absolute atomic E-state index is 10.5. The molecule has 0 aliphatic carbocycles. The lowest BCUT2D eigenvalue weighted by molar-refractivity contribution is 0.217. The Labute approximate surface area is 101 Å². The fourth-order valence-electron chi connectivity index (χ4n) is 1.16. The fourth-order valence-corrected chi connectivity index (χ4v) is 1.16. The average Bonchev–Trinajstić information content (AvgIpc) is 2.30. The predicted octanol–water partition coefficient (Wildman–Crippen LogP) is 1.87. The molecule has 17 heavy (non-hydrogen) atoms. The summed E-state index contributed by atoms with van der Waals surface area (Å²) in [5.41, 5.74) is 7.84. The Morgan fingerprint density at radius 2 is 2.29 bits per heavy atom. The number of hydrazone groups is 1. The minimum Gasteiger partial charge on any atom is -0.490 e. The monoisotopic (exact) mass is 235 g/mol. The molecule has 0 aromatic heterocycles. The van der Waals surface area contributed by atoms with Gasteiger partial charge in [-0.25, -0.2) is 10.2 Å². The molecule has 92 valence electrons. The van der Waals surface area contributed by atoms with E-state index in [-0.39, 0.29) is 6.10 Å². The smallest absolute Gasteiger partial charge is 0.332 e. The highest BCUT2D eigenvalue weighted by Gasteiger charge is 2.04. The van der Waals surface area contributed by atoms with E-state index in [1.807, 2.05) is 31.2 Å². The summed E-state index contributed by atoms with van der Waals surface area (Å²) in [5.74, 6) is 0.733. The number of hydrogen-bond acceptors (Lipinski definition) is 3. The van der Waals surface area contributed by atoms with Crippen LogP contribution in [0.1, 0.15) is 25.8 Å². The van der Waals surface area contributed by atoms with Gasteiger partial charge in [0, 0.05) is 5.56 Å². The van der Waals surface area contributed by atoms with E-state index in [2.05, 4.69) is 17.5 Å². The van der Waals surface area contributed by atoms with Crippen molar-refractivity contribution in [1.82, 2.24) is 5.43 Å². The van der Waals surface area contributed by atoms with E-state index in [9.17, 15) is 4.79 Å². The number of amides is 2. The van der Waals surface area contributed by atoms with Gasteiger partial charge < -0.3 is 10.5 Å². The number of benzene rings is 1. The van der Waals surface area contributed by atoms with Gasteiger partial charge in [-0.1, -0.05) is 19.1 Å². The Hall–Kier alpha value is -2.04. The van der Waals surface area contributed by atoms with Crippen molar-refractivity contribution in [2.75, 3.05) is 0 Å². The van der Waals surface area contributed by atoms with Gasteiger partial charge in [-0.15, -0.1) is 0 Å². The quantitative estimate of drug-likeness (QED) is 0.603. The van der Waals surface area contributed by atoms with Crippen molar-refractivity contribution in [2.24, 2.45) is 10.8 Å². The minimum absolute atomic E-state index is 0.133. The summed E-state index contributed by atoms with van der Waals surface area (Å²) in [7, 11) is 0. The molecule has 0 aliphatic rings. The van der Waals surface area contributed by atoms with E-state index in [0.29, 0.717) is 0 Å². The first-order valence-electron chi connectivity index (χ1n) is 5.47. The SMILES string of the molecule is CC[C@@H](C)Oc1ccccc1/C=N/NC(N)=O. The van der Waals surface area contributed by atoms with E-state index in [0.717, 1.165) is 17.7 Å². The van der Waals surface area contributed by atoms with Gasteiger partial charge in [0.15, 0.2) is 0 Å². The van der Waals surface area contributed by atoms with E-state index in [1.165, 1.54) is 6.21 Å². The standard InChI is InChI=1S/C12H17N3O2/c1-3-9(2)17-11-7-5-4-6-10(11)8-14-15-12(13)16/h4-9H,3H2,1-2H3,(H3,13,15,16)/b14-8+/t9-/m1/s1. The highest BCUT2D eigenvalue weighted by atomic mass is 16.5. The zero-order valence-electron chi connectivity index (χ0n) is 10.0. The normalized spacial score (nSPS) is 12.4. The van der Waals surface area contributed by atoms with Crippen LogP contribution in [-0.2, 0) is 0 Å². The van der Waals surface area contributed by atoms with Crippen LogP contribution in [0.3, 0.4) is 0 Å². The van der Waals surface area contributed by atoms with Gasteiger partial charge in [-0.05, 0) is 25.5 Å². The van der Waals surface area contributed by atoms with Crippen LogP contribution in [0.4, 0.5) is 4.79 Å². The lowest BCUT2D eigenvalue weighted by atomic mass is 10.2. The van der Waals surface area contributed by atoms with Crippen LogP contribution in [0.5, 0.6) is 5.75 Å². The Bertz CT molecular complexity index is 404. The lowest BCUT2D eigenvalue weighted by Crippen LogP contribution is -2.24. The van der Waals surface area contributed by atoms with E-state index >= 15 is 0 Å². The zero-order valence-corrected chi connectivity index (χ0v) is 10.0. The summed E-state index contributed by atoms with van der Waals surface area (Å²) in [6, 6.07) is 6.77. The first-order valence-corrected chi connectivity index (χ1v) is 5.47. The largest absolute Gasteiger partial charge is 0.490 e. The topological polar surface area (TPSA) is 76.7 Å². The molecule has 0 heterocycles. The number of rotatable bonds is 5. The van der Waals surface area contributed by atoms with Crippen molar-refractivity contribution in [2.45, 2.75) is 26.4 Å². The number of urea groups is 1. The molecule has 2 amide bonds. The van der Waals surface area contributed by atoms with Crippen molar-refractivity contribution >= 4 is 12.2 Å². The van der Waals surface area contributed by atoms with Crippen LogP contribution in [0.2, 0.25) is 0 Å². The number of primary amides is 1. The molecule has 1 aromatic rings.